The summed E-state index contributed by atoms with van der Waals surface area (Å²) in [5.41, 5.74) is 9.20. The molecule has 1 aromatic carbocycles. The summed E-state index contributed by atoms with van der Waals surface area (Å²) in [7, 11) is 3.35. The van der Waals surface area contributed by atoms with E-state index in [2.05, 4.69) is 17.0 Å². The molecule has 2 N–H and O–H groups in total. The molecule has 0 spiro atoms. The lowest BCUT2D eigenvalue weighted by molar-refractivity contribution is -0.134. The summed E-state index contributed by atoms with van der Waals surface area (Å²) in [6.07, 6.45) is 2.80. The molecular formula is C20H29N3O3. The van der Waals surface area contributed by atoms with Crippen LogP contribution in [0.5, 0.6) is 11.5 Å². The molecule has 2 saturated heterocycles. The molecule has 6 nitrogen and oxygen atoms in total. The second-order valence-electron chi connectivity index (χ2n) is 7.85. The highest BCUT2D eigenvalue weighted by Gasteiger charge is 2.43. The smallest absolute Gasteiger partial charge is 0.225 e. The lowest BCUT2D eigenvalue weighted by Gasteiger charge is -2.48. The van der Waals surface area contributed by atoms with E-state index < -0.39 is 0 Å². The van der Waals surface area contributed by atoms with Gasteiger partial charge in [0.25, 0.3) is 0 Å². The fourth-order valence-corrected chi connectivity index (χ4v) is 4.87. The summed E-state index contributed by atoms with van der Waals surface area (Å²) in [6, 6.07) is 4.64. The van der Waals surface area contributed by atoms with Crippen molar-refractivity contribution in [3.8, 4) is 11.5 Å². The van der Waals surface area contributed by atoms with Crippen molar-refractivity contribution in [2.75, 3.05) is 33.9 Å². The Morgan fingerprint density at radius 1 is 1.15 bits per heavy atom. The molecule has 3 aliphatic rings. The molecule has 0 saturated carbocycles. The number of carbonyl (C=O) groups is 1. The number of benzene rings is 1. The van der Waals surface area contributed by atoms with E-state index in [0.29, 0.717) is 6.04 Å². The number of piperidine rings is 1. The zero-order chi connectivity index (χ0) is 18.4. The molecule has 0 aliphatic carbocycles. The molecular weight excluding hydrogens is 330 g/mol. The highest BCUT2D eigenvalue weighted by atomic mass is 16.5. The first-order valence-electron chi connectivity index (χ1n) is 9.58. The van der Waals surface area contributed by atoms with Crippen molar-refractivity contribution >= 4 is 5.91 Å². The number of likely N-dealkylation sites (tertiary alicyclic amines) is 1. The van der Waals surface area contributed by atoms with Crippen LogP contribution in [0.2, 0.25) is 0 Å². The SMILES string of the molecule is COc1cc2c(cc1OC)C1CC(N)C(N3CCC(C)C3=O)CN1CC2. The number of fused-ring (bicyclic) bond motifs is 3. The van der Waals surface area contributed by atoms with Gasteiger partial charge in [-0.2, -0.15) is 0 Å². The van der Waals surface area contributed by atoms with Gasteiger partial charge in [-0.25, -0.2) is 0 Å². The number of nitrogens with two attached hydrogens (primary N) is 1. The van der Waals surface area contributed by atoms with Crippen LogP contribution in [0.15, 0.2) is 12.1 Å². The fourth-order valence-electron chi connectivity index (χ4n) is 4.87. The van der Waals surface area contributed by atoms with Crippen molar-refractivity contribution in [3.05, 3.63) is 23.3 Å². The predicted octanol–water partition coefficient (Wildman–Crippen LogP) is 1.57. The lowest BCUT2D eigenvalue weighted by Crippen LogP contribution is -2.60. The minimum atomic E-state index is 0.00421. The van der Waals surface area contributed by atoms with Gasteiger partial charge in [-0.1, -0.05) is 6.92 Å². The summed E-state index contributed by atoms with van der Waals surface area (Å²) in [4.78, 5) is 17.0. The van der Waals surface area contributed by atoms with E-state index in [4.69, 9.17) is 15.2 Å². The molecule has 0 bridgehead atoms. The highest BCUT2D eigenvalue weighted by Crippen LogP contribution is 2.42. The average molecular weight is 359 g/mol. The minimum Gasteiger partial charge on any atom is -0.493 e. The van der Waals surface area contributed by atoms with E-state index in [1.165, 1.54) is 11.1 Å². The van der Waals surface area contributed by atoms with Gasteiger partial charge in [-0.3, -0.25) is 9.69 Å². The normalized spacial score (nSPS) is 31.5. The maximum atomic E-state index is 12.5. The van der Waals surface area contributed by atoms with E-state index in [1.807, 2.05) is 11.8 Å². The molecule has 1 aromatic rings. The van der Waals surface area contributed by atoms with Crippen LogP contribution >= 0.6 is 0 Å². The molecule has 4 rings (SSSR count). The van der Waals surface area contributed by atoms with Crippen molar-refractivity contribution in [2.24, 2.45) is 11.7 Å². The second-order valence-corrected chi connectivity index (χ2v) is 7.85. The van der Waals surface area contributed by atoms with Crippen LogP contribution in [0.3, 0.4) is 0 Å². The van der Waals surface area contributed by atoms with Gasteiger partial charge in [0.2, 0.25) is 5.91 Å². The van der Waals surface area contributed by atoms with E-state index in [0.717, 1.165) is 50.4 Å². The van der Waals surface area contributed by atoms with Gasteiger partial charge in [-0.05, 0) is 42.5 Å². The second kappa shape index (κ2) is 6.74. The Kier molecular flexibility index (Phi) is 4.57. The van der Waals surface area contributed by atoms with Crippen LogP contribution in [0.25, 0.3) is 0 Å². The number of ether oxygens (including phenoxy) is 2. The first kappa shape index (κ1) is 17.6. The largest absolute Gasteiger partial charge is 0.493 e. The van der Waals surface area contributed by atoms with Gasteiger partial charge in [-0.15, -0.1) is 0 Å². The summed E-state index contributed by atoms with van der Waals surface area (Å²) in [5.74, 6) is 1.97. The average Bonchev–Trinajstić information content (AvgIpc) is 2.98. The van der Waals surface area contributed by atoms with Gasteiger partial charge < -0.3 is 20.1 Å². The predicted molar refractivity (Wildman–Crippen MR) is 99.4 cm³/mol. The maximum absolute atomic E-state index is 12.5. The maximum Gasteiger partial charge on any atom is 0.225 e. The van der Waals surface area contributed by atoms with E-state index in [9.17, 15) is 4.79 Å². The van der Waals surface area contributed by atoms with Gasteiger partial charge in [0, 0.05) is 37.6 Å². The summed E-state index contributed by atoms with van der Waals surface area (Å²) < 4.78 is 11.0. The summed E-state index contributed by atoms with van der Waals surface area (Å²) in [5, 5.41) is 0. The number of nitrogens with zero attached hydrogens (tertiary/aromatic N) is 2. The van der Waals surface area contributed by atoms with Crippen LogP contribution < -0.4 is 15.2 Å². The quantitative estimate of drug-likeness (QED) is 0.887. The number of methoxy groups -OCH3 is 2. The zero-order valence-corrected chi connectivity index (χ0v) is 15.9. The summed E-state index contributed by atoms with van der Waals surface area (Å²) in [6.45, 7) is 4.72. The first-order chi connectivity index (χ1) is 12.5. The molecule has 4 unspecified atom stereocenters. The van der Waals surface area contributed by atoms with Gasteiger partial charge >= 0.3 is 0 Å². The van der Waals surface area contributed by atoms with Gasteiger partial charge in [0.15, 0.2) is 11.5 Å². The molecule has 3 aliphatic heterocycles. The molecule has 26 heavy (non-hydrogen) atoms. The van der Waals surface area contributed by atoms with Crippen LogP contribution in [-0.4, -0.2) is 61.6 Å². The van der Waals surface area contributed by atoms with Crippen LogP contribution in [0.1, 0.15) is 36.9 Å². The number of amides is 1. The Labute approximate surface area is 155 Å². The van der Waals surface area contributed by atoms with Crippen molar-refractivity contribution in [1.29, 1.82) is 0 Å². The first-order valence-corrected chi connectivity index (χ1v) is 9.58. The molecule has 2 fully saturated rings. The number of rotatable bonds is 3. The fraction of sp³-hybridized carbons (Fsp3) is 0.650. The number of hydrogen-bond acceptors (Lipinski definition) is 5. The molecule has 4 atom stereocenters. The Morgan fingerprint density at radius 3 is 2.54 bits per heavy atom. The molecule has 142 valence electrons. The Hall–Kier alpha value is -1.79. The van der Waals surface area contributed by atoms with Gasteiger partial charge in [0.05, 0.1) is 20.3 Å². The van der Waals surface area contributed by atoms with Crippen molar-refractivity contribution in [3.63, 3.8) is 0 Å². The zero-order valence-electron chi connectivity index (χ0n) is 15.9. The molecule has 6 heteroatoms. The standard InChI is InChI=1S/C20H29N3O3/c1-12-4-7-23(20(12)24)17-11-22-6-5-13-8-18(25-2)19(26-3)9-14(13)16(22)10-15(17)21/h8-9,12,15-17H,4-7,10-11,21H2,1-3H3. The van der Waals surface area contributed by atoms with E-state index >= 15 is 0 Å². The third-order valence-electron chi connectivity index (χ3n) is 6.43. The van der Waals surface area contributed by atoms with Crippen LogP contribution in [0.4, 0.5) is 0 Å². The van der Waals surface area contributed by atoms with Crippen molar-refractivity contribution in [2.45, 2.75) is 44.3 Å². The third-order valence-corrected chi connectivity index (χ3v) is 6.43. The highest BCUT2D eigenvalue weighted by molar-refractivity contribution is 5.81. The number of hydrogen-bond donors (Lipinski definition) is 1. The lowest BCUT2D eigenvalue weighted by atomic mass is 9.83. The third kappa shape index (κ3) is 2.76. The topological polar surface area (TPSA) is 68.0 Å². The van der Waals surface area contributed by atoms with Crippen LogP contribution in [0, 0.1) is 5.92 Å². The minimum absolute atomic E-state index is 0.00421. The monoisotopic (exact) mass is 359 g/mol. The summed E-state index contributed by atoms with van der Waals surface area (Å²) >= 11 is 0. The van der Waals surface area contributed by atoms with Crippen molar-refractivity contribution < 1.29 is 14.3 Å². The Balaban J connectivity index is 1.60. The molecule has 3 heterocycles. The van der Waals surface area contributed by atoms with E-state index in [-0.39, 0.29) is 23.9 Å². The Bertz CT molecular complexity index is 708. The van der Waals surface area contributed by atoms with Crippen molar-refractivity contribution in [1.82, 2.24) is 9.80 Å². The Morgan fingerprint density at radius 2 is 1.88 bits per heavy atom. The molecule has 1 amide bonds. The van der Waals surface area contributed by atoms with E-state index in [1.54, 1.807) is 14.2 Å². The number of carbonyl (C=O) groups excluding carboxylic acids is 1. The molecule has 0 aromatic heterocycles. The van der Waals surface area contributed by atoms with Crippen LogP contribution in [-0.2, 0) is 11.2 Å². The van der Waals surface area contributed by atoms with Gasteiger partial charge in [0.1, 0.15) is 0 Å². The molecule has 0 radical (unpaired) electrons.